The molecule has 1 aromatic heterocycles. The van der Waals surface area contributed by atoms with E-state index < -0.39 is 0 Å². The van der Waals surface area contributed by atoms with Crippen LogP contribution in [0.25, 0.3) is 0 Å². The van der Waals surface area contributed by atoms with Gasteiger partial charge in [0.2, 0.25) is 5.91 Å². The molecule has 0 bridgehead atoms. The highest BCUT2D eigenvalue weighted by molar-refractivity contribution is 9.10. The third kappa shape index (κ3) is 5.39. The van der Waals surface area contributed by atoms with E-state index in [4.69, 9.17) is 0 Å². The first kappa shape index (κ1) is 22.9. The van der Waals surface area contributed by atoms with Gasteiger partial charge in [0.05, 0.1) is 22.1 Å². The first-order valence-corrected chi connectivity index (χ1v) is 11.8. The van der Waals surface area contributed by atoms with Crippen LogP contribution in [-0.4, -0.2) is 38.9 Å². The normalized spacial score (nSPS) is 12.8. The van der Waals surface area contributed by atoms with E-state index in [1.165, 1.54) is 10.5 Å². The molecule has 1 N–H and O–H groups in total. The summed E-state index contributed by atoms with van der Waals surface area (Å²) in [5, 5.41) is 7.30. The largest absolute Gasteiger partial charge is 0.308 e. The lowest BCUT2D eigenvalue weighted by Gasteiger charge is -2.13. The van der Waals surface area contributed by atoms with Crippen molar-refractivity contribution in [2.45, 2.75) is 39.2 Å². The summed E-state index contributed by atoms with van der Waals surface area (Å²) >= 11 is 3.46. The Morgan fingerprint density at radius 3 is 2.30 bits per heavy atom. The second-order valence-electron chi connectivity index (χ2n) is 8.18. The second kappa shape index (κ2) is 10.1. The Morgan fingerprint density at radius 1 is 0.970 bits per heavy atom. The zero-order valence-corrected chi connectivity index (χ0v) is 20.0. The standard InChI is InChI=1S/C25H25BrN4O3/c1-17-10-12-18(13-11-17)15-29-16-21(26)23(28-29)27-22(31)9-3-2-6-14-30-24(32)19-7-4-5-8-20(19)25(30)33/h4-5,7-8,10-13,16H,2-3,6,9,14-15H2,1H3,(H,27,28,31). The number of amides is 3. The van der Waals surface area contributed by atoms with Crippen molar-refractivity contribution in [3.8, 4) is 0 Å². The number of rotatable bonds is 9. The van der Waals surface area contributed by atoms with Crippen molar-refractivity contribution in [2.24, 2.45) is 0 Å². The Bertz CT molecular complexity index is 1150. The summed E-state index contributed by atoms with van der Waals surface area (Å²) < 4.78 is 2.51. The average molecular weight is 509 g/mol. The first-order chi connectivity index (χ1) is 15.9. The molecule has 3 aromatic rings. The summed E-state index contributed by atoms with van der Waals surface area (Å²) in [7, 11) is 0. The van der Waals surface area contributed by atoms with Gasteiger partial charge in [-0.2, -0.15) is 5.10 Å². The van der Waals surface area contributed by atoms with Crippen molar-refractivity contribution in [1.82, 2.24) is 14.7 Å². The highest BCUT2D eigenvalue weighted by Gasteiger charge is 2.34. The van der Waals surface area contributed by atoms with E-state index in [9.17, 15) is 14.4 Å². The van der Waals surface area contributed by atoms with Gasteiger partial charge >= 0.3 is 0 Å². The third-order valence-electron chi connectivity index (χ3n) is 5.60. The molecule has 4 rings (SSSR count). The fourth-order valence-corrected chi connectivity index (χ4v) is 4.23. The highest BCUT2D eigenvalue weighted by atomic mass is 79.9. The van der Waals surface area contributed by atoms with Crippen LogP contribution in [0.4, 0.5) is 5.82 Å². The van der Waals surface area contributed by atoms with Crippen molar-refractivity contribution >= 4 is 39.5 Å². The van der Waals surface area contributed by atoms with Crippen molar-refractivity contribution in [2.75, 3.05) is 11.9 Å². The van der Waals surface area contributed by atoms with E-state index in [1.807, 2.05) is 13.1 Å². The SMILES string of the molecule is Cc1ccc(Cn2cc(Br)c(NC(=O)CCCCCN3C(=O)c4ccccc4C3=O)n2)cc1. The molecule has 0 spiro atoms. The van der Waals surface area contributed by atoms with Crippen LogP contribution >= 0.6 is 15.9 Å². The summed E-state index contributed by atoms with van der Waals surface area (Å²) in [6.45, 7) is 3.03. The lowest BCUT2D eigenvalue weighted by atomic mass is 10.1. The number of halogens is 1. The van der Waals surface area contributed by atoms with Crippen LogP contribution in [0.3, 0.4) is 0 Å². The molecular weight excluding hydrogens is 484 g/mol. The molecule has 1 aliphatic heterocycles. The zero-order chi connectivity index (χ0) is 23.4. The number of benzene rings is 2. The summed E-state index contributed by atoms with van der Waals surface area (Å²) in [5.74, 6) is -0.0889. The minimum absolute atomic E-state index is 0.114. The number of aryl methyl sites for hydroxylation is 1. The quantitative estimate of drug-likeness (QED) is 0.332. The lowest BCUT2D eigenvalue weighted by Crippen LogP contribution is -2.30. The van der Waals surface area contributed by atoms with E-state index in [1.54, 1.807) is 28.9 Å². The summed E-state index contributed by atoms with van der Waals surface area (Å²) in [5.41, 5.74) is 3.27. The number of hydrogen-bond acceptors (Lipinski definition) is 4. The van der Waals surface area contributed by atoms with Gasteiger partial charge in [-0.05, 0) is 53.4 Å². The smallest absolute Gasteiger partial charge is 0.261 e. The van der Waals surface area contributed by atoms with Crippen molar-refractivity contribution in [3.05, 3.63) is 81.5 Å². The van der Waals surface area contributed by atoms with E-state index >= 15 is 0 Å². The molecule has 170 valence electrons. The van der Waals surface area contributed by atoms with Gasteiger partial charge in [-0.25, -0.2) is 0 Å². The summed E-state index contributed by atoms with van der Waals surface area (Å²) in [6.07, 6.45) is 4.26. The van der Waals surface area contributed by atoms with Gasteiger partial charge in [-0.15, -0.1) is 0 Å². The van der Waals surface area contributed by atoms with Crippen LogP contribution in [0.2, 0.25) is 0 Å². The van der Waals surface area contributed by atoms with Gasteiger partial charge in [0.1, 0.15) is 0 Å². The maximum absolute atomic E-state index is 12.4. The molecule has 0 saturated heterocycles. The fourth-order valence-electron chi connectivity index (χ4n) is 3.81. The Balaban J connectivity index is 1.20. The molecule has 0 radical (unpaired) electrons. The molecule has 0 aliphatic carbocycles. The molecule has 0 atom stereocenters. The monoisotopic (exact) mass is 508 g/mol. The van der Waals surface area contributed by atoms with Crippen molar-refractivity contribution in [1.29, 1.82) is 0 Å². The third-order valence-corrected chi connectivity index (χ3v) is 6.18. The van der Waals surface area contributed by atoms with Crippen molar-refractivity contribution < 1.29 is 14.4 Å². The number of unbranched alkanes of at least 4 members (excludes halogenated alkanes) is 2. The molecule has 7 nitrogen and oxygen atoms in total. The van der Waals surface area contributed by atoms with Crippen LogP contribution in [0, 0.1) is 6.92 Å². The summed E-state index contributed by atoms with van der Waals surface area (Å²) in [6, 6.07) is 15.1. The minimum Gasteiger partial charge on any atom is -0.308 e. The highest BCUT2D eigenvalue weighted by Crippen LogP contribution is 2.23. The maximum Gasteiger partial charge on any atom is 0.261 e. The Labute approximate surface area is 200 Å². The van der Waals surface area contributed by atoms with E-state index in [0.29, 0.717) is 49.3 Å². The number of hydrogen-bond donors (Lipinski definition) is 1. The zero-order valence-electron chi connectivity index (χ0n) is 18.4. The molecule has 33 heavy (non-hydrogen) atoms. The molecule has 1 aliphatic rings. The molecule has 8 heteroatoms. The number of aromatic nitrogens is 2. The first-order valence-electron chi connectivity index (χ1n) is 11.0. The number of fused-ring (bicyclic) bond motifs is 1. The summed E-state index contributed by atoms with van der Waals surface area (Å²) in [4.78, 5) is 38.4. The van der Waals surface area contributed by atoms with Gasteiger partial charge in [-0.3, -0.25) is 24.0 Å². The van der Waals surface area contributed by atoms with Crippen LogP contribution in [0.15, 0.2) is 59.2 Å². The Hall–Kier alpha value is -3.26. The van der Waals surface area contributed by atoms with Crippen LogP contribution in [0.1, 0.15) is 57.5 Å². The van der Waals surface area contributed by atoms with E-state index in [0.717, 1.165) is 16.5 Å². The lowest BCUT2D eigenvalue weighted by molar-refractivity contribution is -0.116. The topological polar surface area (TPSA) is 84.3 Å². The second-order valence-corrected chi connectivity index (χ2v) is 9.03. The predicted octanol–water partition coefficient (Wildman–Crippen LogP) is 4.80. The van der Waals surface area contributed by atoms with Crippen LogP contribution in [-0.2, 0) is 11.3 Å². The van der Waals surface area contributed by atoms with Gasteiger partial charge in [0.15, 0.2) is 5.82 Å². The minimum atomic E-state index is -0.237. The molecule has 3 amide bonds. The fraction of sp³-hybridized carbons (Fsp3) is 0.280. The number of carbonyl (C=O) groups excluding carboxylic acids is 3. The predicted molar refractivity (Wildman–Crippen MR) is 129 cm³/mol. The van der Waals surface area contributed by atoms with Crippen LogP contribution < -0.4 is 5.32 Å². The maximum atomic E-state index is 12.4. The number of nitrogens with zero attached hydrogens (tertiary/aromatic N) is 3. The van der Waals surface area contributed by atoms with E-state index in [2.05, 4.69) is 50.6 Å². The van der Waals surface area contributed by atoms with Gasteiger partial charge in [-0.1, -0.05) is 48.4 Å². The Kier molecular flexibility index (Phi) is 7.03. The molecule has 2 aromatic carbocycles. The van der Waals surface area contributed by atoms with Gasteiger partial charge < -0.3 is 5.32 Å². The van der Waals surface area contributed by atoms with Crippen molar-refractivity contribution in [3.63, 3.8) is 0 Å². The molecule has 0 fully saturated rings. The Morgan fingerprint density at radius 2 is 1.64 bits per heavy atom. The molecular formula is C25H25BrN4O3. The number of imide groups is 1. The molecule has 0 unspecified atom stereocenters. The van der Waals surface area contributed by atoms with Gasteiger partial charge in [0, 0.05) is 19.2 Å². The molecule has 2 heterocycles. The van der Waals surface area contributed by atoms with Gasteiger partial charge in [0.25, 0.3) is 11.8 Å². The number of carbonyl (C=O) groups is 3. The average Bonchev–Trinajstić information content (AvgIpc) is 3.26. The van der Waals surface area contributed by atoms with Crippen LogP contribution in [0.5, 0.6) is 0 Å². The number of nitrogens with one attached hydrogen (secondary N) is 1. The molecule has 0 saturated carbocycles. The number of anilines is 1. The van der Waals surface area contributed by atoms with E-state index in [-0.39, 0.29) is 17.7 Å².